The van der Waals surface area contributed by atoms with Gasteiger partial charge in [-0.25, -0.2) is 0 Å². The van der Waals surface area contributed by atoms with Gasteiger partial charge in [-0.15, -0.1) is 24.0 Å². The van der Waals surface area contributed by atoms with Gasteiger partial charge in [-0.1, -0.05) is 30.3 Å². The molecule has 0 aromatic heterocycles. The lowest BCUT2D eigenvalue weighted by molar-refractivity contribution is 0.806. The quantitative estimate of drug-likeness (QED) is 0.756. The van der Waals surface area contributed by atoms with Gasteiger partial charge in [0, 0.05) is 0 Å². The first-order valence-corrected chi connectivity index (χ1v) is 4.17. The molecular formula is C9H13Cl2N. The van der Waals surface area contributed by atoms with Crippen LogP contribution in [0.5, 0.6) is 0 Å². The highest BCUT2D eigenvalue weighted by Gasteiger charge is 2.04. The fourth-order valence-corrected chi connectivity index (χ4v) is 1.25. The third-order valence-corrected chi connectivity index (χ3v) is 2.05. The van der Waals surface area contributed by atoms with Crippen LogP contribution in [0.4, 0.5) is 0 Å². The molecule has 2 N–H and O–H groups in total. The van der Waals surface area contributed by atoms with Gasteiger partial charge in [0.15, 0.2) is 0 Å². The van der Waals surface area contributed by atoms with Crippen molar-refractivity contribution in [2.24, 2.45) is 5.73 Å². The first kappa shape index (κ1) is 11.8. The minimum absolute atomic E-state index is 0. The summed E-state index contributed by atoms with van der Waals surface area (Å²) >= 11 is 6.03. The maximum absolute atomic E-state index is 6.03. The van der Waals surface area contributed by atoms with Crippen LogP contribution in [0.25, 0.3) is 0 Å². The zero-order valence-corrected chi connectivity index (χ0v) is 8.31. The number of alkyl halides is 1. The van der Waals surface area contributed by atoms with Crippen LogP contribution >= 0.6 is 24.0 Å². The summed E-state index contributed by atoms with van der Waals surface area (Å²) in [7, 11) is 0. The maximum Gasteiger partial charge on any atom is 0.0597 e. The molecule has 1 aromatic carbocycles. The van der Waals surface area contributed by atoms with Crippen molar-refractivity contribution in [3.8, 4) is 0 Å². The van der Waals surface area contributed by atoms with Crippen LogP contribution in [-0.4, -0.2) is 6.54 Å². The topological polar surface area (TPSA) is 26.0 Å². The zero-order valence-electron chi connectivity index (χ0n) is 6.74. The SMILES string of the molecule is Cl.NCCC(Cl)c1ccccc1. The Morgan fingerprint density at radius 1 is 1.25 bits per heavy atom. The molecule has 0 bridgehead atoms. The molecule has 1 unspecified atom stereocenters. The molecule has 0 aliphatic heterocycles. The van der Waals surface area contributed by atoms with E-state index in [4.69, 9.17) is 17.3 Å². The Hall–Kier alpha value is -0.240. The van der Waals surface area contributed by atoms with Gasteiger partial charge in [0.05, 0.1) is 5.38 Å². The summed E-state index contributed by atoms with van der Waals surface area (Å²) in [6.07, 6.45) is 0.839. The van der Waals surface area contributed by atoms with Crippen LogP contribution in [-0.2, 0) is 0 Å². The third-order valence-electron chi connectivity index (χ3n) is 1.58. The van der Waals surface area contributed by atoms with Gasteiger partial charge < -0.3 is 5.73 Å². The highest BCUT2D eigenvalue weighted by Crippen LogP contribution is 2.22. The molecule has 68 valence electrons. The molecule has 1 aromatic rings. The van der Waals surface area contributed by atoms with Crippen LogP contribution in [0.3, 0.4) is 0 Å². The smallest absolute Gasteiger partial charge is 0.0597 e. The minimum Gasteiger partial charge on any atom is -0.330 e. The predicted octanol–water partition coefficient (Wildman–Crippen LogP) is 2.74. The lowest BCUT2D eigenvalue weighted by atomic mass is 10.1. The number of hydrogen-bond acceptors (Lipinski definition) is 1. The Labute approximate surface area is 84.3 Å². The first-order valence-electron chi connectivity index (χ1n) is 3.73. The van der Waals surface area contributed by atoms with E-state index in [0.29, 0.717) is 6.54 Å². The van der Waals surface area contributed by atoms with E-state index in [9.17, 15) is 0 Å². The molecule has 1 atom stereocenters. The summed E-state index contributed by atoms with van der Waals surface area (Å²) in [5.74, 6) is 0. The van der Waals surface area contributed by atoms with E-state index >= 15 is 0 Å². The van der Waals surface area contributed by atoms with Crippen molar-refractivity contribution in [1.82, 2.24) is 0 Å². The Morgan fingerprint density at radius 2 is 1.83 bits per heavy atom. The molecule has 0 aliphatic rings. The molecule has 1 rings (SSSR count). The van der Waals surface area contributed by atoms with Gasteiger partial charge in [0.2, 0.25) is 0 Å². The summed E-state index contributed by atoms with van der Waals surface area (Å²) in [4.78, 5) is 0. The van der Waals surface area contributed by atoms with Gasteiger partial charge in [0.25, 0.3) is 0 Å². The molecule has 1 nitrogen and oxygen atoms in total. The molecule has 0 heterocycles. The Bertz CT molecular complexity index is 201. The van der Waals surface area contributed by atoms with E-state index in [1.54, 1.807) is 0 Å². The van der Waals surface area contributed by atoms with E-state index < -0.39 is 0 Å². The van der Waals surface area contributed by atoms with Crippen LogP contribution in [0.2, 0.25) is 0 Å². The van der Waals surface area contributed by atoms with Gasteiger partial charge in [-0.3, -0.25) is 0 Å². The van der Waals surface area contributed by atoms with Crippen LogP contribution in [0.15, 0.2) is 30.3 Å². The Morgan fingerprint density at radius 3 is 2.33 bits per heavy atom. The van der Waals surface area contributed by atoms with E-state index in [1.165, 1.54) is 0 Å². The second-order valence-corrected chi connectivity index (χ2v) is 2.98. The van der Waals surface area contributed by atoms with Gasteiger partial charge in [0.1, 0.15) is 0 Å². The van der Waals surface area contributed by atoms with E-state index in [2.05, 4.69) is 0 Å². The lowest BCUT2D eigenvalue weighted by Gasteiger charge is -2.06. The number of halogens is 2. The lowest BCUT2D eigenvalue weighted by Crippen LogP contribution is -2.02. The average Bonchev–Trinajstić information content (AvgIpc) is 2.07. The van der Waals surface area contributed by atoms with Crippen molar-refractivity contribution in [3.05, 3.63) is 35.9 Å². The Balaban J connectivity index is 0.00000121. The normalized spacial score (nSPS) is 11.8. The van der Waals surface area contributed by atoms with Gasteiger partial charge in [-0.05, 0) is 18.5 Å². The molecule has 3 heteroatoms. The molecule has 0 saturated carbocycles. The highest BCUT2D eigenvalue weighted by molar-refractivity contribution is 6.20. The zero-order chi connectivity index (χ0) is 8.10. The van der Waals surface area contributed by atoms with E-state index in [-0.39, 0.29) is 17.8 Å². The van der Waals surface area contributed by atoms with Crippen LogP contribution < -0.4 is 5.73 Å². The van der Waals surface area contributed by atoms with Crippen molar-refractivity contribution in [2.75, 3.05) is 6.54 Å². The monoisotopic (exact) mass is 205 g/mol. The molecule has 0 fully saturated rings. The Kier molecular flexibility index (Phi) is 6.17. The number of benzene rings is 1. The molecule has 0 amide bonds. The maximum atomic E-state index is 6.03. The third kappa shape index (κ3) is 3.44. The first-order chi connectivity index (χ1) is 5.34. The molecule has 12 heavy (non-hydrogen) atoms. The molecular weight excluding hydrogens is 193 g/mol. The molecule has 0 saturated heterocycles. The van der Waals surface area contributed by atoms with Crippen LogP contribution in [0.1, 0.15) is 17.4 Å². The predicted molar refractivity (Wildman–Crippen MR) is 56.0 cm³/mol. The summed E-state index contributed by atoms with van der Waals surface area (Å²) < 4.78 is 0. The average molecular weight is 206 g/mol. The molecule has 0 spiro atoms. The fourth-order valence-electron chi connectivity index (χ4n) is 0.975. The van der Waals surface area contributed by atoms with Crippen molar-refractivity contribution in [2.45, 2.75) is 11.8 Å². The number of hydrogen-bond donors (Lipinski definition) is 1. The number of nitrogens with two attached hydrogens (primary N) is 1. The van der Waals surface area contributed by atoms with Crippen LogP contribution in [0, 0.1) is 0 Å². The number of rotatable bonds is 3. The summed E-state index contributed by atoms with van der Waals surface area (Å²) in [5.41, 5.74) is 6.53. The summed E-state index contributed by atoms with van der Waals surface area (Å²) in [5, 5.41) is 0.0706. The van der Waals surface area contributed by atoms with Crippen molar-refractivity contribution >= 4 is 24.0 Å². The molecule has 0 radical (unpaired) electrons. The fraction of sp³-hybridized carbons (Fsp3) is 0.333. The van der Waals surface area contributed by atoms with Gasteiger partial charge in [-0.2, -0.15) is 0 Å². The van der Waals surface area contributed by atoms with Crippen molar-refractivity contribution in [3.63, 3.8) is 0 Å². The summed E-state index contributed by atoms with van der Waals surface area (Å²) in [6, 6.07) is 10.00. The van der Waals surface area contributed by atoms with Gasteiger partial charge >= 0.3 is 0 Å². The minimum atomic E-state index is 0. The second kappa shape index (κ2) is 6.30. The van der Waals surface area contributed by atoms with E-state index in [0.717, 1.165) is 12.0 Å². The van der Waals surface area contributed by atoms with Crippen molar-refractivity contribution in [1.29, 1.82) is 0 Å². The highest BCUT2D eigenvalue weighted by atomic mass is 35.5. The molecule has 0 aliphatic carbocycles. The van der Waals surface area contributed by atoms with E-state index in [1.807, 2.05) is 30.3 Å². The summed E-state index contributed by atoms with van der Waals surface area (Å²) in [6.45, 7) is 0.642. The standard InChI is InChI=1S/C9H12ClN.ClH/c10-9(6-7-11)8-4-2-1-3-5-8;/h1-5,9H,6-7,11H2;1H. The largest absolute Gasteiger partial charge is 0.330 e. The van der Waals surface area contributed by atoms with Crippen molar-refractivity contribution < 1.29 is 0 Å². The second-order valence-electron chi connectivity index (χ2n) is 2.46.